The molecule has 4 rings (SSSR count). The largest absolute Gasteiger partial charge is 1.00 e. The molecule has 2 aromatic rings. The van der Waals surface area contributed by atoms with Crippen molar-refractivity contribution in [2.24, 2.45) is 0 Å². The smallest absolute Gasteiger partial charge is 0.561 e. The van der Waals surface area contributed by atoms with Crippen LogP contribution < -0.4 is 60.9 Å². The van der Waals surface area contributed by atoms with Gasteiger partial charge >= 0.3 is 51.4 Å². The first-order valence-corrected chi connectivity index (χ1v) is 10.6. The van der Waals surface area contributed by atoms with Crippen LogP contribution in [0.15, 0.2) is 42.5 Å². The van der Waals surface area contributed by atoms with Gasteiger partial charge in [0.25, 0.3) is 5.91 Å². The molecule has 9 heteroatoms. The molecule has 2 aliphatic rings. The molecule has 0 N–H and O–H groups in total. The first kappa shape index (κ1) is 25.7. The number of carbonyl (C=O) groups excluding carboxylic acids is 2. The second kappa shape index (κ2) is 12.0. The molecule has 1 aliphatic carbocycles. The van der Waals surface area contributed by atoms with Crippen molar-refractivity contribution in [3.05, 3.63) is 59.1 Å². The molecule has 166 valence electrons. The van der Waals surface area contributed by atoms with E-state index in [1.165, 1.54) is 0 Å². The molecular weight excluding hydrogens is 449 g/mol. The Morgan fingerprint density at radius 1 is 1.12 bits per heavy atom. The zero-order valence-corrected chi connectivity index (χ0v) is 21.9. The van der Waals surface area contributed by atoms with Crippen LogP contribution in [0, 0.1) is 11.3 Å². The first-order valence-electron chi connectivity index (χ1n) is 10.6. The molecule has 0 radical (unpaired) electrons. The number of amides is 2. The fourth-order valence-electron chi connectivity index (χ4n) is 3.95. The SMILES string of the molecule is COc1ccc([N-]OC2CC(=O)N(Cc3cccc(C#N)c3)C2=O)cc1OC1CCCC1.[K+]. The minimum Gasteiger partial charge on any atom is -0.561 e. The molecule has 0 bridgehead atoms. The summed E-state index contributed by atoms with van der Waals surface area (Å²) in [6, 6.07) is 14.0. The third-order valence-corrected chi connectivity index (χ3v) is 5.63. The van der Waals surface area contributed by atoms with Crippen LogP contribution in [0.5, 0.6) is 11.5 Å². The minimum atomic E-state index is -0.983. The second-order valence-electron chi connectivity index (χ2n) is 7.88. The molecule has 1 atom stereocenters. The van der Waals surface area contributed by atoms with Crippen LogP contribution in [0.25, 0.3) is 5.48 Å². The van der Waals surface area contributed by atoms with E-state index in [1.54, 1.807) is 49.6 Å². The number of carbonyl (C=O) groups is 2. The molecule has 2 amide bonds. The van der Waals surface area contributed by atoms with Crippen LogP contribution in [0.3, 0.4) is 0 Å². The quantitative estimate of drug-likeness (QED) is 0.324. The number of nitriles is 1. The molecule has 1 saturated carbocycles. The van der Waals surface area contributed by atoms with Gasteiger partial charge in [-0.2, -0.15) is 5.26 Å². The van der Waals surface area contributed by atoms with Gasteiger partial charge in [-0.25, -0.2) is 0 Å². The maximum absolute atomic E-state index is 12.7. The topological polar surface area (TPSA) is 103 Å². The molecule has 2 fully saturated rings. The fourth-order valence-corrected chi connectivity index (χ4v) is 3.95. The molecule has 0 spiro atoms. The number of likely N-dealkylation sites (tertiary alicyclic amines) is 1. The van der Waals surface area contributed by atoms with E-state index in [0.717, 1.165) is 30.6 Å². The minimum absolute atomic E-state index is 0. The van der Waals surface area contributed by atoms with Crippen LogP contribution in [-0.4, -0.2) is 36.0 Å². The van der Waals surface area contributed by atoms with Crippen molar-refractivity contribution in [1.82, 2.24) is 4.90 Å². The number of nitrogens with zero attached hydrogens (tertiary/aromatic N) is 3. The van der Waals surface area contributed by atoms with Gasteiger partial charge in [-0.15, -0.1) is 5.69 Å². The molecule has 33 heavy (non-hydrogen) atoms. The summed E-state index contributed by atoms with van der Waals surface area (Å²) in [5.74, 6) is 0.403. The summed E-state index contributed by atoms with van der Waals surface area (Å²) in [6.07, 6.45) is 3.40. The number of hydrogen-bond acceptors (Lipinski definition) is 6. The fraction of sp³-hybridized carbons (Fsp3) is 0.375. The van der Waals surface area contributed by atoms with Crippen LogP contribution in [0.4, 0.5) is 5.69 Å². The number of rotatable bonds is 8. The van der Waals surface area contributed by atoms with Gasteiger partial charge in [0.05, 0.1) is 37.8 Å². The Morgan fingerprint density at radius 2 is 1.91 bits per heavy atom. The van der Waals surface area contributed by atoms with Crippen LogP contribution >= 0.6 is 0 Å². The van der Waals surface area contributed by atoms with Crippen molar-refractivity contribution in [3.63, 3.8) is 0 Å². The van der Waals surface area contributed by atoms with Gasteiger partial charge < -0.3 is 19.8 Å². The Labute approximate surface area is 235 Å². The number of benzene rings is 2. The van der Waals surface area contributed by atoms with Gasteiger partial charge in [-0.1, -0.05) is 18.2 Å². The zero-order chi connectivity index (χ0) is 22.5. The summed E-state index contributed by atoms with van der Waals surface area (Å²) in [5.41, 5.74) is 5.72. The third kappa shape index (κ3) is 6.35. The predicted octanol–water partition coefficient (Wildman–Crippen LogP) is 1.16. The molecule has 1 unspecified atom stereocenters. The maximum atomic E-state index is 12.7. The molecular formula is C24H24KN3O5. The maximum Gasteiger partial charge on any atom is 1.00 e. The average molecular weight is 474 g/mol. The van der Waals surface area contributed by atoms with E-state index in [2.05, 4.69) is 5.48 Å². The van der Waals surface area contributed by atoms with Crippen LogP contribution in [0.1, 0.15) is 43.2 Å². The molecule has 1 heterocycles. The third-order valence-electron chi connectivity index (χ3n) is 5.63. The van der Waals surface area contributed by atoms with E-state index in [0.29, 0.717) is 28.3 Å². The standard InChI is InChI=1S/C24H24N3O5.K/c1-30-20-10-9-18(12-21(20)31-19-7-2-3-8-19)26-32-22-13-23(28)27(24(22)29)15-17-6-4-5-16(11-17)14-25;/h4-6,9-12,19,22H,2-3,7-8,13,15H2,1H3;/q-1;+1. The van der Waals surface area contributed by atoms with E-state index in [9.17, 15) is 9.59 Å². The Kier molecular flexibility index (Phi) is 9.32. The predicted molar refractivity (Wildman–Crippen MR) is 115 cm³/mol. The van der Waals surface area contributed by atoms with Crippen molar-refractivity contribution in [1.29, 1.82) is 5.26 Å². The number of methoxy groups -OCH3 is 1. The van der Waals surface area contributed by atoms with E-state index in [1.807, 2.05) is 6.07 Å². The Morgan fingerprint density at radius 3 is 2.64 bits per heavy atom. The Hall–Kier alpha value is -1.93. The monoisotopic (exact) mass is 473 g/mol. The summed E-state index contributed by atoms with van der Waals surface area (Å²) < 4.78 is 11.4. The number of hydrogen-bond donors (Lipinski definition) is 0. The summed E-state index contributed by atoms with van der Waals surface area (Å²) in [5, 5.41) is 9.03. The van der Waals surface area contributed by atoms with E-state index in [-0.39, 0.29) is 76.4 Å². The first-order chi connectivity index (χ1) is 15.6. The summed E-state index contributed by atoms with van der Waals surface area (Å²) in [4.78, 5) is 31.7. The van der Waals surface area contributed by atoms with Gasteiger partial charge in [0.1, 0.15) is 6.10 Å². The van der Waals surface area contributed by atoms with Crippen LogP contribution in [0.2, 0.25) is 0 Å². The molecule has 1 aliphatic heterocycles. The van der Waals surface area contributed by atoms with Gasteiger partial charge in [0.2, 0.25) is 5.91 Å². The second-order valence-corrected chi connectivity index (χ2v) is 7.88. The van der Waals surface area contributed by atoms with Crippen molar-refractivity contribution >= 4 is 17.5 Å². The molecule has 8 nitrogen and oxygen atoms in total. The Balaban J connectivity index is 0.00000306. The summed E-state index contributed by atoms with van der Waals surface area (Å²) in [6.45, 7) is 0.0922. The molecule has 2 aromatic carbocycles. The van der Waals surface area contributed by atoms with E-state index in [4.69, 9.17) is 19.6 Å². The molecule has 0 aromatic heterocycles. The summed E-state index contributed by atoms with van der Waals surface area (Å²) in [7, 11) is 1.58. The average Bonchev–Trinajstić information content (AvgIpc) is 3.41. The van der Waals surface area contributed by atoms with Gasteiger partial charge in [-0.3, -0.25) is 14.5 Å². The van der Waals surface area contributed by atoms with Crippen LogP contribution in [-0.2, 0) is 21.0 Å². The van der Waals surface area contributed by atoms with Crippen molar-refractivity contribution < 1.29 is 75.3 Å². The van der Waals surface area contributed by atoms with Crippen molar-refractivity contribution in [2.75, 3.05) is 7.11 Å². The summed E-state index contributed by atoms with van der Waals surface area (Å²) >= 11 is 0. The van der Waals surface area contributed by atoms with Crippen molar-refractivity contribution in [3.8, 4) is 17.6 Å². The zero-order valence-electron chi connectivity index (χ0n) is 18.8. The van der Waals surface area contributed by atoms with Gasteiger partial charge in [0, 0.05) is 0 Å². The number of imide groups is 1. The number of ether oxygens (including phenoxy) is 2. The van der Waals surface area contributed by atoms with Gasteiger partial charge in [0.15, 0.2) is 11.5 Å². The normalized spacial score (nSPS) is 18.1. The van der Waals surface area contributed by atoms with Crippen molar-refractivity contribution in [2.45, 2.75) is 50.9 Å². The Bertz CT molecular complexity index is 1050. The molecule has 1 saturated heterocycles. The van der Waals surface area contributed by atoms with Gasteiger partial charge in [-0.05, 0) is 55.5 Å². The van der Waals surface area contributed by atoms with E-state index < -0.39 is 12.0 Å². The van der Waals surface area contributed by atoms with E-state index >= 15 is 0 Å².